The van der Waals surface area contributed by atoms with Crippen LogP contribution in [0.3, 0.4) is 0 Å². The fourth-order valence-electron chi connectivity index (χ4n) is 4.58. The predicted octanol–water partition coefficient (Wildman–Crippen LogP) is 4.46. The fourth-order valence-corrected chi connectivity index (χ4v) is 4.58. The van der Waals surface area contributed by atoms with Crippen LogP contribution in [0, 0.1) is 0 Å². The third-order valence-corrected chi connectivity index (χ3v) is 6.58. The van der Waals surface area contributed by atoms with E-state index in [0.29, 0.717) is 45.7 Å². The summed E-state index contributed by atoms with van der Waals surface area (Å²) in [6, 6.07) is 19.9. The van der Waals surface area contributed by atoms with Crippen LogP contribution >= 0.6 is 0 Å². The standard InChI is InChI=1S/C29H26N8O3/c1-29(2)25-18(27(39)36-29)11-12-23(34-25)33-24-14-21(32-22(16-38)17-8-4-3-5-9-17)19(15-31-24)28-35-26(37-40-28)20-10-6-7-13-30-20/h3-15,22,38H,16H2,1-2H3,(H,36,39)(H2,31,32,33,34)/t22-/m1/s1. The zero-order valence-corrected chi connectivity index (χ0v) is 21.8. The maximum Gasteiger partial charge on any atom is 0.261 e. The molecule has 1 aliphatic rings. The van der Waals surface area contributed by atoms with E-state index >= 15 is 0 Å². The summed E-state index contributed by atoms with van der Waals surface area (Å²) in [5, 5.41) is 23.9. The Hall–Kier alpha value is -5.16. The largest absolute Gasteiger partial charge is 0.394 e. The van der Waals surface area contributed by atoms with E-state index in [2.05, 4.69) is 41.0 Å². The van der Waals surface area contributed by atoms with Crippen molar-refractivity contribution in [3.63, 3.8) is 0 Å². The van der Waals surface area contributed by atoms with Crippen molar-refractivity contribution in [1.29, 1.82) is 0 Å². The summed E-state index contributed by atoms with van der Waals surface area (Å²) in [5.41, 5.74) is 3.27. The molecule has 11 nitrogen and oxygen atoms in total. The van der Waals surface area contributed by atoms with Gasteiger partial charge in [0, 0.05) is 18.5 Å². The van der Waals surface area contributed by atoms with Crippen LogP contribution in [0.4, 0.5) is 17.3 Å². The summed E-state index contributed by atoms with van der Waals surface area (Å²) in [6.45, 7) is 3.66. The van der Waals surface area contributed by atoms with Gasteiger partial charge in [-0.1, -0.05) is 41.6 Å². The summed E-state index contributed by atoms with van der Waals surface area (Å²) < 4.78 is 5.59. The molecular weight excluding hydrogens is 508 g/mol. The molecule has 0 fully saturated rings. The number of hydrogen-bond donors (Lipinski definition) is 4. The van der Waals surface area contributed by atoms with Gasteiger partial charge in [-0.2, -0.15) is 4.98 Å². The average Bonchev–Trinajstić information content (AvgIpc) is 3.55. The van der Waals surface area contributed by atoms with Gasteiger partial charge in [-0.25, -0.2) is 9.97 Å². The van der Waals surface area contributed by atoms with Crippen molar-refractivity contribution in [2.75, 3.05) is 17.2 Å². The molecule has 4 aromatic heterocycles. The van der Waals surface area contributed by atoms with E-state index in [0.717, 1.165) is 5.56 Å². The predicted molar refractivity (Wildman–Crippen MR) is 149 cm³/mol. The molecule has 0 bridgehead atoms. The van der Waals surface area contributed by atoms with Crippen molar-refractivity contribution in [1.82, 2.24) is 30.4 Å². The van der Waals surface area contributed by atoms with Crippen LogP contribution in [0.25, 0.3) is 23.0 Å². The van der Waals surface area contributed by atoms with Gasteiger partial charge >= 0.3 is 0 Å². The lowest BCUT2D eigenvalue weighted by Gasteiger charge is -2.20. The minimum Gasteiger partial charge on any atom is -0.394 e. The number of carbonyl (C=O) groups excluding carboxylic acids is 1. The molecule has 1 amide bonds. The molecule has 0 aliphatic carbocycles. The van der Waals surface area contributed by atoms with E-state index in [4.69, 9.17) is 4.52 Å². The lowest BCUT2D eigenvalue weighted by Crippen LogP contribution is -2.33. The molecule has 0 saturated carbocycles. The highest BCUT2D eigenvalue weighted by Crippen LogP contribution is 2.34. The number of aliphatic hydroxyl groups is 1. The number of nitrogens with one attached hydrogen (secondary N) is 3. The molecule has 0 unspecified atom stereocenters. The van der Waals surface area contributed by atoms with Gasteiger partial charge in [-0.05, 0) is 43.7 Å². The van der Waals surface area contributed by atoms with Gasteiger partial charge in [-0.3, -0.25) is 9.78 Å². The summed E-state index contributed by atoms with van der Waals surface area (Å²) >= 11 is 0. The van der Waals surface area contributed by atoms with E-state index in [1.54, 1.807) is 36.7 Å². The molecule has 0 spiro atoms. The molecular formula is C29H26N8O3. The number of aromatic nitrogens is 5. The zero-order valence-electron chi connectivity index (χ0n) is 21.8. The van der Waals surface area contributed by atoms with Crippen molar-refractivity contribution in [2.24, 2.45) is 0 Å². The minimum atomic E-state index is -0.582. The molecule has 200 valence electrons. The van der Waals surface area contributed by atoms with Crippen molar-refractivity contribution >= 4 is 23.2 Å². The Bertz CT molecular complexity index is 1670. The Balaban J connectivity index is 1.36. The monoisotopic (exact) mass is 534 g/mol. The SMILES string of the molecule is CC1(C)NC(=O)c2ccc(Nc3cc(N[C@H](CO)c4ccccc4)c(-c4nc(-c5ccccn5)no4)cn3)nc21. The number of carbonyl (C=O) groups is 1. The van der Waals surface area contributed by atoms with E-state index in [1.807, 2.05) is 56.3 Å². The number of anilines is 3. The van der Waals surface area contributed by atoms with E-state index in [-0.39, 0.29) is 18.4 Å². The van der Waals surface area contributed by atoms with Gasteiger partial charge in [-0.15, -0.1) is 0 Å². The molecule has 1 aliphatic heterocycles. The van der Waals surface area contributed by atoms with Gasteiger partial charge in [0.2, 0.25) is 5.82 Å². The number of aliphatic hydroxyl groups excluding tert-OH is 1. The zero-order chi connectivity index (χ0) is 27.7. The van der Waals surface area contributed by atoms with Crippen molar-refractivity contribution in [3.8, 4) is 23.0 Å². The normalized spacial score (nSPS) is 14.3. The number of hydrogen-bond acceptors (Lipinski definition) is 10. The maximum absolute atomic E-state index is 12.3. The van der Waals surface area contributed by atoms with Crippen molar-refractivity contribution in [3.05, 3.63) is 95.9 Å². The summed E-state index contributed by atoms with van der Waals surface area (Å²) in [5.74, 6) is 1.47. The number of pyridine rings is 3. The average molecular weight is 535 g/mol. The number of rotatable bonds is 8. The van der Waals surface area contributed by atoms with Crippen LogP contribution in [-0.4, -0.2) is 42.7 Å². The second-order valence-electron chi connectivity index (χ2n) is 9.84. The Labute approximate surface area is 229 Å². The van der Waals surface area contributed by atoms with Gasteiger partial charge in [0.1, 0.15) is 17.3 Å². The second-order valence-corrected chi connectivity index (χ2v) is 9.84. The number of nitrogens with zero attached hydrogens (tertiary/aromatic N) is 5. The highest BCUT2D eigenvalue weighted by atomic mass is 16.5. The van der Waals surface area contributed by atoms with Crippen molar-refractivity contribution in [2.45, 2.75) is 25.4 Å². The minimum absolute atomic E-state index is 0.145. The van der Waals surface area contributed by atoms with E-state index < -0.39 is 11.6 Å². The fraction of sp³-hybridized carbons (Fsp3) is 0.172. The molecule has 6 rings (SSSR count). The molecule has 5 heterocycles. The third-order valence-electron chi connectivity index (χ3n) is 6.58. The second kappa shape index (κ2) is 10.2. The first-order valence-electron chi connectivity index (χ1n) is 12.7. The van der Waals surface area contributed by atoms with Crippen LogP contribution in [0.15, 0.2) is 83.6 Å². The Morgan fingerprint density at radius 3 is 2.58 bits per heavy atom. The van der Waals surface area contributed by atoms with Gasteiger partial charge in [0.05, 0.1) is 40.7 Å². The molecule has 1 aromatic carbocycles. The number of amides is 1. The lowest BCUT2D eigenvalue weighted by atomic mass is 10.0. The highest BCUT2D eigenvalue weighted by molar-refractivity contribution is 5.99. The first kappa shape index (κ1) is 25.1. The van der Waals surface area contributed by atoms with Gasteiger partial charge in [0.25, 0.3) is 11.8 Å². The summed E-state index contributed by atoms with van der Waals surface area (Å²) in [7, 11) is 0. The number of benzene rings is 1. The third kappa shape index (κ3) is 4.85. The Morgan fingerprint density at radius 2 is 1.80 bits per heavy atom. The van der Waals surface area contributed by atoms with E-state index in [9.17, 15) is 9.90 Å². The number of fused-ring (bicyclic) bond motifs is 1. The molecule has 11 heteroatoms. The molecule has 4 N–H and O–H groups in total. The Kier molecular flexibility index (Phi) is 6.40. The van der Waals surface area contributed by atoms with Gasteiger partial charge in [0.15, 0.2) is 0 Å². The van der Waals surface area contributed by atoms with E-state index in [1.165, 1.54) is 0 Å². The molecule has 40 heavy (non-hydrogen) atoms. The first-order valence-corrected chi connectivity index (χ1v) is 12.7. The summed E-state index contributed by atoms with van der Waals surface area (Å²) in [6.07, 6.45) is 3.27. The van der Waals surface area contributed by atoms with Crippen molar-refractivity contribution < 1.29 is 14.4 Å². The highest BCUT2D eigenvalue weighted by Gasteiger charge is 2.36. The first-order chi connectivity index (χ1) is 19.4. The van der Waals surface area contributed by atoms with Crippen LogP contribution < -0.4 is 16.0 Å². The van der Waals surface area contributed by atoms with Crippen LogP contribution in [0.5, 0.6) is 0 Å². The molecule has 5 aromatic rings. The van der Waals surface area contributed by atoms with Crippen LogP contribution in [0.2, 0.25) is 0 Å². The Morgan fingerprint density at radius 1 is 0.975 bits per heavy atom. The molecule has 0 radical (unpaired) electrons. The smallest absolute Gasteiger partial charge is 0.261 e. The van der Waals surface area contributed by atoms with Crippen LogP contribution in [-0.2, 0) is 5.54 Å². The molecule has 1 atom stereocenters. The maximum atomic E-state index is 12.3. The quantitative estimate of drug-likeness (QED) is 0.225. The lowest BCUT2D eigenvalue weighted by molar-refractivity contribution is 0.0940. The van der Waals surface area contributed by atoms with Gasteiger partial charge < -0.3 is 25.6 Å². The molecule has 0 saturated heterocycles. The summed E-state index contributed by atoms with van der Waals surface area (Å²) in [4.78, 5) is 30.3. The van der Waals surface area contributed by atoms with Crippen LogP contribution in [0.1, 0.15) is 41.5 Å². The topological polar surface area (TPSA) is 151 Å².